The van der Waals surface area contributed by atoms with Crippen LogP contribution in [0.1, 0.15) is 0 Å². The zero-order valence-corrected chi connectivity index (χ0v) is 6.89. The maximum absolute atomic E-state index is 10.7. The highest BCUT2D eigenvalue weighted by molar-refractivity contribution is 7.88. The van der Waals surface area contributed by atoms with Crippen molar-refractivity contribution in [1.29, 1.82) is 0 Å². The van der Waals surface area contributed by atoms with Crippen molar-refractivity contribution in [2.24, 2.45) is 0 Å². The molecular weight excluding hydrogens is 154 g/mol. The molecule has 0 aromatic heterocycles. The number of sulfonamides is 1. The summed E-state index contributed by atoms with van der Waals surface area (Å²) >= 11 is 0. The van der Waals surface area contributed by atoms with Crippen molar-refractivity contribution in [2.75, 3.05) is 26.5 Å². The monoisotopic (exact) mass is 165 g/mol. The fourth-order valence-corrected chi connectivity index (χ4v) is 1.94. The summed E-state index contributed by atoms with van der Waals surface area (Å²) < 4.78 is 27.7. The van der Waals surface area contributed by atoms with Gasteiger partial charge < -0.3 is 4.74 Å². The summed E-state index contributed by atoms with van der Waals surface area (Å²) in [6, 6.07) is 0.0972. The van der Waals surface area contributed by atoms with Gasteiger partial charge in [0.2, 0.25) is 10.0 Å². The Labute approximate surface area is 60.8 Å². The summed E-state index contributed by atoms with van der Waals surface area (Å²) in [7, 11) is -1.38. The van der Waals surface area contributed by atoms with Gasteiger partial charge in [-0.3, -0.25) is 0 Å². The molecule has 1 rings (SSSR count). The van der Waals surface area contributed by atoms with Crippen LogP contribution in [0.25, 0.3) is 0 Å². The minimum atomic E-state index is -2.95. The SMILES string of the molecule is COCC1CN1S(C)(=O)=O. The van der Waals surface area contributed by atoms with Crippen molar-refractivity contribution < 1.29 is 13.2 Å². The Balaban J connectivity index is 2.40. The first-order valence-corrected chi connectivity index (χ1v) is 4.86. The molecule has 0 saturated carbocycles. The third-order valence-electron chi connectivity index (χ3n) is 1.45. The van der Waals surface area contributed by atoms with Crippen LogP contribution >= 0.6 is 0 Å². The van der Waals surface area contributed by atoms with Gasteiger partial charge in [-0.05, 0) is 0 Å². The van der Waals surface area contributed by atoms with Crippen LogP contribution in [0.4, 0.5) is 0 Å². The summed E-state index contributed by atoms with van der Waals surface area (Å²) in [5.41, 5.74) is 0. The molecule has 2 unspecified atom stereocenters. The summed E-state index contributed by atoms with van der Waals surface area (Å²) in [6.45, 7) is 1.12. The quantitative estimate of drug-likeness (QED) is 0.518. The summed E-state index contributed by atoms with van der Waals surface area (Å²) in [5, 5.41) is 0. The molecule has 0 aliphatic carbocycles. The van der Waals surface area contributed by atoms with Gasteiger partial charge >= 0.3 is 0 Å². The van der Waals surface area contributed by atoms with E-state index in [1.165, 1.54) is 10.6 Å². The van der Waals surface area contributed by atoms with Gasteiger partial charge in [-0.25, -0.2) is 8.42 Å². The molecular formula is C5H11NO3S. The van der Waals surface area contributed by atoms with Crippen molar-refractivity contribution in [2.45, 2.75) is 6.04 Å². The molecule has 1 fully saturated rings. The third-order valence-corrected chi connectivity index (χ3v) is 2.75. The van der Waals surface area contributed by atoms with Crippen LogP contribution in [-0.4, -0.2) is 45.3 Å². The molecule has 0 amide bonds. The van der Waals surface area contributed by atoms with Gasteiger partial charge in [0.15, 0.2) is 0 Å². The van der Waals surface area contributed by atoms with Crippen LogP contribution in [0.3, 0.4) is 0 Å². The molecule has 1 saturated heterocycles. The Hall–Kier alpha value is -0.130. The molecule has 4 nitrogen and oxygen atoms in total. The standard InChI is InChI=1S/C5H11NO3S/c1-9-4-5-3-6(5)10(2,7)8/h5H,3-4H2,1-2H3. The molecule has 0 aromatic carbocycles. The van der Waals surface area contributed by atoms with E-state index in [0.717, 1.165) is 0 Å². The highest BCUT2D eigenvalue weighted by atomic mass is 32.2. The highest BCUT2D eigenvalue weighted by Gasteiger charge is 2.41. The molecule has 0 N–H and O–H groups in total. The Morgan fingerprint density at radius 1 is 1.70 bits per heavy atom. The zero-order valence-electron chi connectivity index (χ0n) is 6.07. The molecule has 5 heteroatoms. The lowest BCUT2D eigenvalue weighted by molar-refractivity contribution is 0.195. The third kappa shape index (κ3) is 1.68. The number of rotatable bonds is 3. The van der Waals surface area contributed by atoms with Gasteiger partial charge in [0.25, 0.3) is 0 Å². The van der Waals surface area contributed by atoms with Crippen molar-refractivity contribution >= 4 is 10.0 Å². The van der Waals surface area contributed by atoms with E-state index in [9.17, 15) is 8.42 Å². The van der Waals surface area contributed by atoms with Crippen molar-refractivity contribution in [3.63, 3.8) is 0 Å². The Morgan fingerprint density at radius 2 is 2.30 bits per heavy atom. The minimum Gasteiger partial charge on any atom is -0.383 e. The number of hydrogen-bond donors (Lipinski definition) is 0. The first-order chi connectivity index (χ1) is 4.55. The Kier molecular flexibility index (Phi) is 1.98. The fourth-order valence-electron chi connectivity index (χ4n) is 0.895. The Morgan fingerprint density at radius 3 is 2.60 bits per heavy atom. The van der Waals surface area contributed by atoms with Crippen LogP contribution in [-0.2, 0) is 14.8 Å². The fraction of sp³-hybridized carbons (Fsp3) is 1.00. The van der Waals surface area contributed by atoms with Crippen molar-refractivity contribution in [3.05, 3.63) is 0 Å². The number of ether oxygens (including phenoxy) is 1. The molecule has 0 bridgehead atoms. The lowest BCUT2D eigenvalue weighted by Crippen LogP contribution is -2.14. The Bertz CT molecular complexity index is 211. The van der Waals surface area contributed by atoms with E-state index in [2.05, 4.69) is 0 Å². The lowest BCUT2D eigenvalue weighted by atomic mass is 10.5. The molecule has 10 heavy (non-hydrogen) atoms. The van der Waals surface area contributed by atoms with Gasteiger partial charge in [0, 0.05) is 13.7 Å². The molecule has 60 valence electrons. The van der Waals surface area contributed by atoms with E-state index in [4.69, 9.17) is 4.74 Å². The average molecular weight is 165 g/mol. The van der Waals surface area contributed by atoms with E-state index in [0.29, 0.717) is 13.2 Å². The molecule has 1 aliphatic rings. The average Bonchev–Trinajstić information content (AvgIpc) is 2.44. The largest absolute Gasteiger partial charge is 0.383 e. The molecule has 0 aromatic rings. The molecule has 0 spiro atoms. The van der Waals surface area contributed by atoms with Gasteiger partial charge in [0.1, 0.15) is 0 Å². The smallest absolute Gasteiger partial charge is 0.211 e. The maximum atomic E-state index is 10.7. The van der Waals surface area contributed by atoms with E-state index >= 15 is 0 Å². The summed E-state index contributed by atoms with van der Waals surface area (Å²) in [5.74, 6) is 0. The van der Waals surface area contributed by atoms with Crippen molar-refractivity contribution in [3.8, 4) is 0 Å². The van der Waals surface area contributed by atoms with Gasteiger partial charge in [-0.15, -0.1) is 0 Å². The van der Waals surface area contributed by atoms with E-state index in [-0.39, 0.29) is 6.04 Å². The van der Waals surface area contributed by atoms with Crippen LogP contribution in [0, 0.1) is 0 Å². The topological polar surface area (TPSA) is 46.4 Å². The van der Waals surface area contributed by atoms with Gasteiger partial charge in [-0.1, -0.05) is 0 Å². The molecule has 2 atom stereocenters. The lowest BCUT2D eigenvalue weighted by Gasteiger charge is -1.97. The van der Waals surface area contributed by atoms with Crippen molar-refractivity contribution in [1.82, 2.24) is 4.31 Å². The second kappa shape index (κ2) is 2.48. The zero-order chi connectivity index (χ0) is 7.78. The second-order valence-electron chi connectivity index (χ2n) is 2.44. The molecule has 1 heterocycles. The summed E-state index contributed by atoms with van der Waals surface area (Å²) in [6.07, 6.45) is 1.21. The van der Waals surface area contributed by atoms with Gasteiger partial charge in [-0.2, -0.15) is 4.31 Å². The normalized spacial score (nSPS) is 32.2. The number of methoxy groups -OCH3 is 1. The van der Waals surface area contributed by atoms with Crippen LogP contribution in [0.2, 0.25) is 0 Å². The first kappa shape index (κ1) is 7.97. The molecule has 1 aliphatic heterocycles. The molecule has 0 radical (unpaired) electrons. The van der Waals surface area contributed by atoms with E-state index in [1.54, 1.807) is 7.11 Å². The van der Waals surface area contributed by atoms with Crippen LogP contribution in [0.15, 0.2) is 0 Å². The number of hydrogen-bond acceptors (Lipinski definition) is 3. The summed E-state index contributed by atoms with van der Waals surface area (Å²) in [4.78, 5) is 0. The van der Waals surface area contributed by atoms with E-state index in [1.807, 2.05) is 0 Å². The highest BCUT2D eigenvalue weighted by Crippen LogP contribution is 2.20. The minimum absolute atomic E-state index is 0.0972. The van der Waals surface area contributed by atoms with Crippen LogP contribution < -0.4 is 0 Å². The maximum Gasteiger partial charge on any atom is 0.211 e. The predicted octanol–water partition coefficient (Wildman–Crippen LogP) is -0.723. The van der Waals surface area contributed by atoms with Crippen LogP contribution in [0.5, 0.6) is 0 Å². The second-order valence-corrected chi connectivity index (χ2v) is 4.38. The van der Waals surface area contributed by atoms with Gasteiger partial charge in [0.05, 0.1) is 18.9 Å². The first-order valence-electron chi connectivity index (χ1n) is 3.01. The van der Waals surface area contributed by atoms with E-state index < -0.39 is 10.0 Å². The predicted molar refractivity (Wildman–Crippen MR) is 37.2 cm³/mol. The number of nitrogens with zero attached hydrogens (tertiary/aromatic N) is 1.